The molecule has 0 bridgehead atoms. The smallest absolute Gasteiger partial charge is 0.235 e. The molecule has 2 unspecified atom stereocenters. The first-order valence-corrected chi connectivity index (χ1v) is 13.9. The molecule has 0 spiro atoms. The minimum Gasteiger partial charge on any atom is -0.507 e. The molecule has 42 heavy (non-hydrogen) atoms. The first-order valence-electron chi connectivity index (χ1n) is 13.9. The highest BCUT2D eigenvalue weighted by molar-refractivity contribution is 6.32. The van der Waals surface area contributed by atoms with Crippen molar-refractivity contribution in [1.29, 1.82) is 0 Å². The SMILES string of the molecule is CN(C)c1cc(CNCc2ccccc2)c(O)c2c1C[C@H]1C[C@H]3[C@H](N(C)C)C(=O)C(C(N)=O)C(=O)[C@@]3(O)C(=O)C1C2=O. The van der Waals surface area contributed by atoms with Gasteiger partial charge in [0, 0.05) is 44.4 Å². The fourth-order valence-corrected chi connectivity index (χ4v) is 7.18. The van der Waals surface area contributed by atoms with E-state index in [0.717, 1.165) is 5.56 Å². The number of nitrogens with zero attached hydrogens (tertiary/aromatic N) is 2. The van der Waals surface area contributed by atoms with E-state index in [1.807, 2.05) is 55.4 Å². The molecule has 1 amide bonds. The molecule has 0 saturated heterocycles. The fourth-order valence-electron chi connectivity index (χ4n) is 7.18. The van der Waals surface area contributed by atoms with Gasteiger partial charge in [0.2, 0.25) is 5.91 Å². The van der Waals surface area contributed by atoms with Crippen LogP contribution in [0.1, 0.15) is 33.5 Å². The molecule has 5 N–H and O–H groups in total. The van der Waals surface area contributed by atoms with Gasteiger partial charge in [0.05, 0.1) is 17.5 Å². The number of hydrogen-bond acceptors (Lipinski definition) is 10. The summed E-state index contributed by atoms with van der Waals surface area (Å²) in [4.78, 5) is 70.3. The Morgan fingerprint density at radius 1 is 1.05 bits per heavy atom. The number of rotatable bonds is 7. The van der Waals surface area contributed by atoms with Crippen LogP contribution < -0.4 is 16.0 Å². The lowest BCUT2D eigenvalue weighted by Gasteiger charge is -2.52. The molecular formula is C31H36N4O7. The highest BCUT2D eigenvalue weighted by Crippen LogP contribution is 2.52. The summed E-state index contributed by atoms with van der Waals surface area (Å²) in [6.45, 7) is 0.761. The molecule has 0 radical (unpaired) electrons. The molecule has 3 aliphatic rings. The van der Waals surface area contributed by atoms with Gasteiger partial charge in [0.1, 0.15) is 5.75 Å². The van der Waals surface area contributed by atoms with Crippen molar-refractivity contribution in [2.24, 2.45) is 29.4 Å². The monoisotopic (exact) mass is 576 g/mol. The van der Waals surface area contributed by atoms with Crippen molar-refractivity contribution < 1.29 is 34.2 Å². The summed E-state index contributed by atoms with van der Waals surface area (Å²) < 4.78 is 0. The van der Waals surface area contributed by atoms with E-state index in [4.69, 9.17) is 5.73 Å². The number of ketones is 4. The number of Topliss-reactive ketones (excluding diaryl/α,β-unsaturated/α-hetero) is 4. The summed E-state index contributed by atoms with van der Waals surface area (Å²) in [6.07, 6.45) is 0.225. The Hall–Kier alpha value is -3.93. The number of aromatic hydroxyl groups is 1. The van der Waals surface area contributed by atoms with E-state index in [1.54, 1.807) is 14.1 Å². The van der Waals surface area contributed by atoms with E-state index in [2.05, 4.69) is 5.32 Å². The van der Waals surface area contributed by atoms with Crippen molar-refractivity contribution >= 4 is 34.7 Å². The van der Waals surface area contributed by atoms with Crippen LogP contribution in [-0.2, 0) is 38.7 Å². The van der Waals surface area contributed by atoms with Gasteiger partial charge in [-0.3, -0.25) is 28.9 Å². The van der Waals surface area contributed by atoms with E-state index < -0.39 is 64.4 Å². The molecule has 2 saturated carbocycles. The zero-order valence-electron chi connectivity index (χ0n) is 24.1. The number of carbonyl (C=O) groups is 5. The number of likely N-dealkylation sites (N-methyl/N-ethyl adjacent to an activating group) is 1. The second-order valence-electron chi connectivity index (χ2n) is 12.0. The molecule has 2 aromatic rings. The van der Waals surface area contributed by atoms with Gasteiger partial charge in [-0.2, -0.15) is 0 Å². The van der Waals surface area contributed by atoms with Crippen molar-refractivity contribution in [1.82, 2.24) is 10.2 Å². The molecule has 11 nitrogen and oxygen atoms in total. The number of primary amides is 1. The van der Waals surface area contributed by atoms with E-state index in [1.165, 1.54) is 4.90 Å². The Morgan fingerprint density at radius 2 is 1.71 bits per heavy atom. The second kappa shape index (κ2) is 10.7. The van der Waals surface area contributed by atoms with Crippen LogP contribution >= 0.6 is 0 Å². The third-order valence-corrected chi connectivity index (χ3v) is 9.09. The average Bonchev–Trinajstić information content (AvgIpc) is 2.92. The quantitative estimate of drug-likeness (QED) is 0.335. The third kappa shape index (κ3) is 4.43. The van der Waals surface area contributed by atoms with Gasteiger partial charge in [-0.15, -0.1) is 0 Å². The lowest BCUT2D eigenvalue weighted by atomic mass is 9.52. The van der Waals surface area contributed by atoms with E-state index in [-0.39, 0.29) is 30.7 Å². The number of benzene rings is 2. The van der Waals surface area contributed by atoms with Crippen molar-refractivity contribution in [3.8, 4) is 5.75 Å². The van der Waals surface area contributed by atoms with E-state index in [9.17, 15) is 34.2 Å². The number of amides is 1. The van der Waals surface area contributed by atoms with Gasteiger partial charge in [-0.1, -0.05) is 30.3 Å². The van der Waals surface area contributed by atoms with Crippen LogP contribution in [0, 0.1) is 23.7 Å². The average molecular weight is 577 g/mol. The van der Waals surface area contributed by atoms with Gasteiger partial charge in [-0.25, -0.2) is 0 Å². The zero-order chi connectivity index (χ0) is 30.7. The topological polar surface area (TPSA) is 170 Å². The number of nitrogens with one attached hydrogen (secondary N) is 1. The van der Waals surface area contributed by atoms with Crippen LogP contribution in [0.15, 0.2) is 36.4 Å². The number of phenolic OH excluding ortho intramolecular Hbond substituents is 1. The molecule has 0 aliphatic heterocycles. The normalized spacial score (nSPS) is 28.8. The number of aliphatic hydroxyl groups is 1. The lowest BCUT2D eigenvalue weighted by molar-refractivity contribution is -0.181. The molecule has 5 rings (SSSR count). The van der Waals surface area contributed by atoms with Crippen LogP contribution in [0.25, 0.3) is 0 Å². The van der Waals surface area contributed by atoms with Crippen LogP contribution in [0.5, 0.6) is 5.75 Å². The lowest BCUT2D eigenvalue weighted by Crippen LogP contribution is -2.74. The van der Waals surface area contributed by atoms with Gasteiger partial charge >= 0.3 is 0 Å². The minimum atomic E-state index is -2.74. The Morgan fingerprint density at radius 3 is 2.31 bits per heavy atom. The van der Waals surface area contributed by atoms with Crippen molar-refractivity contribution in [2.45, 2.75) is 37.6 Å². The van der Waals surface area contributed by atoms with E-state index in [0.29, 0.717) is 23.4 Å². The summed E-state index contributed by atoms with van der Waals surface area (Å²) in [7, 11) is 6.76. The van der Waals surface area contributed by atoms with Crippen LogP contribution in [0.3, 0.4) is 0 Å². The van der Waals surface area contributed by atoms with Crippen LogP contribution in [-0.4, -0.2) is 84.0 Å². The number of nitrogens with two attached hydrogens (primary N) is 1. The Bertz CT molecular complexity index is 1490. The molecule has 3 aliphatic carbocycles. The molecule has 222 valence electrons. The summed E-state index contributed by atoms with van der Waals surface area (Å²) in [6, 6.07) is 10.4. The van der Waals surface area contributed by atoms with Gasteiger partial charge in [0.25, 0.3) is 0 Å². The number of carbonyl (C=O) groups excluding carboxylic acids is 5. The van der Waals surface area contributed by atoms with Gasteiger partial charge < -0.3 is 26.2 Å². The Kier molecular flexibility index (Phi) is 7.55. The number of fused-ring (bicyclic) bond motifs is 3. The number of anilines is 1. The van der Waals surface area contributed by atoms with Crippen molar-refractivity contribution in [3.05, 3.63) is 58.7 Å². The van der Waals surface area contributed by atoms with Crippen LogP contribution in [0.4, 0.5) is 5.69 Å². The highest BCUT2D eigenvalue weighted by atomic mass is 16.3. The molecule has 6 atom stereocenters. The fraction of sp³-hybridized carbons (Fsp3) is 0.452. The first kappa shape index (κ1) is 29.6. The second-order valence-corrected chi connectivity index (χ2v) is 12.0. The summed E-state index contributed by atoms with van der Waals surface area (Å²) in [5.74, 6) is -10.5. The molecule has 11 heteroatoms. The summed E-state index contributed by atoms with van der Waals surface area (Å²) in [5.41, 5.74) is 5.40. The standard InChI is InChI=1S/C31H36N4O7/c1-34(2)20-12-17(14-33-13-15-8-6-5-7-9-15)25(36)22-18(20)10-16-11-19-24(35(3)4)27(38)23(30(32)41)29(40)31(19,42)28(39)21(16)26(22)37/h5-9,12,16,19,21,23-24,33,36,42H,10-11,13-14H2,1-4H3,(H2,32,41)/t16-,19-,21?,23?,24-,31-/m0/s1. The number of hydrogen-bond donors (Lipinski definition) is 4. The maximum Gasteiger partial charge on any atom is 0.235 e. The molecule has 2 aromatic carbocycles. The van der Waals surface area contributed by atoms with Crippen molar-refractivity contribution in [2.75, 3.05) is 33.1 Å². The van der Waals surface area contributed by atoms with Crippen molar-refractivity contribution in [3.63, 3.8) is 0 Å². The van der Waals surface area contributed by atoms with Gasteiger partial charge in [-0.05, 0) is 50.0 Å². The molecule has 2 fully saturated rings. The third-order valence-electron chi connectivity index (χ3n) is 9.09. The van der Waals surface area contributed by atoms with E-state index >= 15 is 0 Å². The predicted molar refractivity (Wildman–Crippen MR) is 153 cm³/mol. The molecular weight excluding hydrogens is 540 g/mol. The van der Waals surface area contributed by atoms with Crippen LogP contribution in [0.2, 0.25) is 0 Å². The molecule has 0 aromatic heterocycles. The summed E-state index contributed by atoms with van der Waals surface area (Å²) in [5, 5.41) is 26.4. The Labute approximate surface area is 243 Å². The number of phenols is 1. The molecule has 0 heterocycles. The Balaban J connectivity index is 1.56. The minimum absolute atomic E-state index is 0.00990. The first-order chi connectivity index (χ1) is 19.8. The van der Waals surface area contributed by atoms with Gasteiger partial charge in [0.15, 0.2) is 34.7 Å². The zero-order valence-corrected chi connectivity index (χ0v) is 24.1. The maximum atomic E-state index is 14.1. The predicted octanol–water partition coefficient (Wildman–Crippen LogP) is 0.223. The maximum absolute atomic E-state index is 14.1. The summed E-state index contributed by atoms with van der Waals surface area (Å²) >= 11 is 0. The highest BCUT2D eigenvalue weighted by Gasteiger charge is 2.69. The largest absolute Gasteiger partial charge is 0.507 e.